The van der Waals surface area contributed by atoms with Gasteiger partial charge >= 0.3 is 33.6 Å². The van der Waals surface area contributed by atoms with Gasteiger partial charge in [-0.25, -0.2) is 9.13 Å². The number of allylic oxidation sites excluding steroid dienone is 26. The molecule has 0 aromatic heterocycles. The largest absolute Gasteiger partial charge is 0.472 e. The van der Waals surface area contributed by atoms with Gasteiger partial charge in [0.1, 0.15) is 25.4 Å². The molecule has 0 saturated heterocycles. The number of ether oxygens (including phenoxy) is 3. The fraction of sp³-hybridized carbons (Fsp3) is 0.701. The van der Waals surface area contributed by atoms with E-state index in [-0.39, 0.29) is 19.3 Å². The molecule has 4 N–H and O–H groups in total. The van der Waals surface area contributed by atoms with E-state index < -0.39 is 91.5 Å². The molecule has 0 fully saturated rings. The first-order chi connectivity index (χ1) is 56.2. The summed E-state index contributed by atoms with van der Waals surface area (Å²) in [7, 11) is -9.82. The molecular formula is C97H166O16P2. The predicted molar refractivity (Wildman–Crippen MR) is 482 cm³/mol. The van der Waals surface area contributed by atoms with E-state index in [1.165, 1.54) is 161 Å². The van der Waals surface area contributed by atoms with Crippen LogP contribution in [0.25, 0.3) is 0 Å². The number of aliphatic hydroxyl groups is 2. The highest BCUT2D eigenvalue weighted by Crippen LogP contribution is 2.45. The van der Waals surface area contributed by atoms with Crippen molar-refractivity contribution < 1.29 is 75.8 Å². The van der Waals surface area contributed by atoms with Crippen LogP contribution in [0, 0.1) is 0 Å². The predicted octanol–water partition coefficient (Wildman–Crippen LogP) is 28.1. The van der Waals surface area contributed by atoms with Crippen molar-refractivity contribution in [2.45, 2.75) is 399 Å². The summed E-state index contributed by atoms with van der Waals surface area (Å²) in [6.07, 6.45) is 113. The van der Waals surface area contributed by atoms with E-state index in [9.17, 15) is 43.5 Å². The van der Waals surface area contributed by atoms with Crippen LogP contribution in [0.5, 0.6) is 0 Å². The maximum atomic E-state index is 13.1. The quantitative estimate of drug-likeness (QED) is 0.0146. The second-order valence-electron chi connectivity index (χ2n) is 30.4. The summed E-state index contributed by atoms with van der Waals surface area (Å²) >= 11 is 0. The van der Waals surface area contributed by atoms with Gasteiger partial charge in [0, 0.05) is 19.3 Å². The van der Waals surface area contributed by atoms with Crippen LogP contribution in [0.1, 0.15) is 380 Å². The Morgan fingerprint density at radius 1 is 0.252 bits per heavy atom. The van der Waals surface area contributed by atoms with Gasteiger partial charge in [-0.05, 0) is 154 Å². The fourth-order valence-corrected chi connectivity index (χ4v) is 13.9. The number of carbonyl (C=O) groups is 3. The van der Waals surface area contributed by atoms with Crippen LogP contribution in [-0.2, 0) is 55.8 Å². The van der Waals surface area contributed by atoms with Gasteiger partial charge in [-0.3, -0.25) is 32.5 Å². The van der Waals surface area contributed by atoms with Crippen LogP contribution in [0.2, 0.25) is 0 Å². The summed E-state index contributed by atoms with van der Waals surface area (Å²) < 4.78 is 61.5. The maximum Gasteiger partial charge on any atom is 0.472 e. The van der Waals surface area contributed by atoms with E-state index in [2.05, 4.69) is 179 Å². The summed E-state index contributed by atoms with van der Waals surface area (Å²) in [4.78, 5) is 59.0. The Bertz CT molecular complexity index is 2720. The summed E-state index contributed by atoms with van der Waals surface area (Å²) in [5.41, 5.74) is 0. The smallest absolute Gasteiger partial charge is 0.463 e. The number of esters is 3. The number of hydrogen-bond donors (Lipinski definition) is 4. The van der Waals surface area contributed by atoms with Gasteiger partial charge < -0.3 is 34.2 Å². The van der Waals surface area contributed by atoms with Crippen LogP contribution in [0.15, 0.2) is 158 Å². The number of phosphoric ester groups is 2. The zero-order valence-corrected chi connectivity index (χ0v) is 74.5. The number of phosphoric acid groups is 2. The molecule has 0 rings (SSSR count). The fourth-order valence-electron chi connectivity index (χ4n) is 12.3. The maximum absolute atomic E-state index is 13.1. The standard InChI is InChI=1S/C97H166O16P2/c1-4-7-10-13-16-19-22-25-28-31-34-37-39-41-43-44-45-46-48-50-51-54-56-59-62-65-68-71-74-77-80-83-95(100)107-86-92(98)87-109-114(103,104)110-88-93(99)89-111-115(105,106)112-91-94(113-97(102)85-82-79-76-73-70-67-64-61-58-53-36-33-30-27-24-21-18-15-12-9-6-3)90-108-96(101)84-81-78-75-72-69-66-63-60-57-55-52-49-47-42-40-38-35-32-29-26-23-20-17-14-11-8-5-2/h7,10,16-21,25-30,34-38,41-43,47,53,61,64,92-94,98-99H,4-6,8-9,11-15,22-24,31-33,39-40,44-46,48-52,54-60,62-63,65-91H2,1-3H3,(H,103,104)(H,105,106)/b10-7-,19-16-,20-17-,21-18-,28-25-,29-26-,30-27-,37-34-,38-35-,43-41-,47-42-,53-36-,64-61-. The molecular weight excluding hydrogens is 1480 g/mol. The van der Waals surface area contributed by atoms with Crippen molar-refractivity contribution in [2.24, 2.45) is 0 Å². The van der Waals surface area contributed by atoms with Gasteiger partial charge in [0.15, 0.2) is 6.10 Å². The van der Waals surface area contributed by atoms with Crippen molar-refractivity contribution in [1.29, 1.82) is 0 Å². The highest BCUT2D eigenvalue weighted by atomic mass is 31.2. The van der Waals surface area contributed by atoms with Crippen molar-refractivity contribution in [1.82, 2.24) is 0 Å². The average molecular weight is 1650 g/mol. The van der Waals surface area contributed by atoms with Crippen molar-refractivity contribution >= 4 is 33.6 Å². The minimum atomic E-state index is -4.95. The summed E-state index contributed by atoms with van der Waals surface area (Å²) in [5, 5.41) is 20.7. The van der Waals surface area contributed by atoms with E-state index >= 15 is 0 Å². The zero-order valence-electron chi connectivity index (χ0n) is 72.7. The van der Waals surface area contributed by atoms with Crippen LogP contribution in [0.4, 0.5) is 0 Å². The minimum Gasteiger partial charge on any atom is -0.463 e. The van der Waals surface area contributed by atoms with Crippen molar-refractivity contribution in [3.05, 3.63) is 158 Å². The molecule has 0 aliphatic rings. The Balaban J connectivity index is 4.60. The molecule has 0 radical (unpaired) electrons. The Morgan fingerprint density at radius 3 is 0.730 bits per heavy atom. The molecule has 0 aromatic carbocycles. The highest BCUT2D eigenvalue weighted by molar-refractivity contribution is 7.47. The number of rotatable bonds is 86. The van der Waals surface area contributed by atoms with Gasteiger partial charge in [0.05, 0.1) is 26.4 Å². The lowest BCUT2D eigenvalue weighted by Crippen LogP contribution is -2.30. The summed E-state index contributed by atoms with van der Waals surface area (Å²) in [6, 6.07) is 0. The topological polar surface area (TPSA) is 231 Å². The lowest BCUT2D eigenvalue weighted by molar-refractivity contribution is -0.161. The van der Waals surface area contributed by atoms with Gasteiger partial charge in [-0.2, -0.15) is 0 Å². The van der Waals surface area contributed by atoms with Crippen molar-refractivity contribution in [3.63, 3.8) is 0 Å². The van der Waals surface area contributed by atoms with Crippen molar-refractivity contribution in [2.75, 3.05) is 39.6 Å². The molecule has 5 atom stereocenters. The third kappa shape index (κ3) is 89.8. The lowest BCUT2D eigenvalue weighted by Gasteiger charge is -2.21. The summed E-state index contributed by atoms with van der Waals surface area (Å²) in [6.45, 7) is 2.53. The second-order valence-corrected chi connectivity index (χ2v) is 33.3. The number of hydrogen-bond acceptors (Lipinski definition) is 14. The molecule has 16 nitrogen and oxygen atoms in total. The SMILES string of the molecule is CC/C=C\C/C=C\C/C=C\C/C=C\C/C=C\CCCCCCCCCCCCCCCCCC(=O)OCC(O)COP(=O)(O)OCC(O)COP(=O)(O)OCC(COC(=O)CCCCCCCCCCCCC/C=C\C/C=C\C/C=C\C/C=C\CCCCC)OC(=O)CCCCCCC/C=C\C/C=C\C/C=C\C/C=C\CCCCC. The molecule has 5 unspecified atom stereocenters. The molecule has 0 amide bonds. The van der Waals surface area contributed by atoms with E-state index in [4.69, 9.17) is 32.3 Å². The zero-order chi connectivity index (χ0) is 83.6. The van der Waals surface area contributed by atoms with Crippen LogP contribution >= 0.6 is 15.6 Å². The number of unbranched alkanes of at least 4 members (excludes halogenated alkanes) is 37. The molecule has 660 valence electrons. The number of aliphatic hydroxyl groups excluding tert-OH is 2. The van der Waals surface area contributed by atoms with E-state index in [0.29, 0.717) is 19.3 Å². The molecule has 0 heterocycles. The molecule has 0 aliphatic heterocycles. The second kappa shape index (κ2) is 88.5. The lowest BCUT2D eigenvalue weighted by atomic mass is 10.0. The van der Waals surface area contributed by atoms with Gasteiger partial charge in [0.25, 0.3) is 0 Å². The van der Waals surface area contributed by atoms with E-state index in [1.807, 2.05) is 0 Å². The first-order valence-corrected chi connectivity index (χ1v) is 48.8. The van der Waals surface area contributed by atoms with Crippen LogP contribution in [-0.4, -0.2) is 95.9 Å². The number of carbonyl (C=O) groups excluding carboxylic acids is 3. The van der Waals surface area contributed by atoms with Gasteiger partial charge in [-0.1, -0.05) is 365 Å². The Hall–Kier alpha value is -4.83. The van der Waals surface area contributed by atoms with Crippen LogP contribution in [0.3, 0.4) is 0 Å². The molecule has 0 aromatic rings. The molecule has 115 heavy (non-hydrogen) atoms. The van der Waals surface area contributed by atoms with E-state index in [1.54, 1.807) is 0 Å². The highest BCUT2D eigenvalue weighted by Gasteiger charge is 2.29. The molecule has 18 heteroatoms. The van der Waals surface area contributed by atoms with Gasteiger partial charge in [-0.15, -0.1) is 0 Å². The molecule has 0 aliphatic carbocycles. The Kier molecular flexibility index (Phi) is 84.7. The first-order valence-electron chi connectivity index (χ1n) is 45.8. The van der Waals surface area contributed by atoms with Gasteiger partial charge in [0.2, 0.25) is 0 Å². The minimum absolute atomic E-state index is 0.0797. The van der Waals surface area contributed by atoms with Crippen LogP contribution < -0.4 is 0 Å². The third-order valence-electron chi connectivity index (χ3n) is 19.2. The molecule has 0 saturated carbocycles. The van der Waals surface area contributed by atoms with Crippen molar-refractivity contribution in [3.8, 4) is 0 Å². The Labute approximate surface area is 701 Å². The molecule has 0 bridgehead atoms. The monoisotopic (exact) mass is 1650 g/mol. The molecule has 0 spiro atoms. The first kappa shape index (κ1) is 110. The Morgan fingerprint density at radius 2 is 0.461 bits per heavy atom. The normalized spacial score (nSPS) is 14.5. The third-order valence-corrected chi connectivity index (χ3v) is 21.1. The summed E-state index contributed by atoms with van der Waals surface area (Å²) in [5.74, 6) is -1.59. The average Bonchev–Trinajstić information content (AvgIpc) is 0.902. The van der Waals surface area contributed by atoms with E-state index in [0.717, 1.165) is 161 Å².